The lowest BCUT2D eigenvalue weighted by molar-refractivity contribution is 0.122. The van der Waals surface area contributed by atoms with Crippen molar-refractivity contribution in [3.63, 3.8) is 0 Å². The van der Waals surface area contributed by atoms with E-state index in [1.54, 1.807) is 6.20 Å². The van der Waals surface area contributed by atoms with Crippen molar-refractivity contribution in [3.8, 4) is 0 Å². The topological polar surface area (TPSA) is 56.8 Å². The minimum absolute atomic E-state index is 0.284. The summed E-state index contributed by atoms with van der Waals surface area (Å²) in [6, 6.07) is 4.22. The lowest BCUT2D eigenvalue weighted by atomic mass is 10.1. The van der Waals surface area contributed by atoms with Crippen LogP contribution in [0.3, 0.4) is 0 Å². The number of anilines is 4. The third-order valence-corrected chi connectivity index (χ3v) is 6.71. The Balaban J connectivity index is 1.55. The van der Waals surface area contributed by atoms with E-state index < -0.39 is 11.6 Å². The van der Waals surface area contributed by atoms with Crippen LogP contribution in [0.1, 0.15) is 12.5 Å². The Morgan fingerprint density at radius 3 is 2.47 bits per heavy atom. The van der Waals surface area contributed by atoms with E-state index >= 15 is 4.39 Å². The van der Waals surface area contributed by atoms with Crippen molar-refractivity contribution < 1.29 is 13.5 Å². The normalized spacial score (nSPS) is 17.4. The van der Waals surface area contributed by atoms with Gasteiger partial charge in [0.2, 0.25) is 0 Å². The van der Waals surface area contributed by atoms with Gasteiger partial charge in [-0.15, -0.1) is 0 Å². The van der Waals surface area contributed by atoms with Gasteiger partial charge in [-0.1, -0.05) is 6.92 Å². The number of halogens is 2. The molecular formula is C25H30F2N6O. The summed E-state index contributed by atoms with van der Waals surface area (Å²) in [5, 5.41) is 3.68. The summed E-state index contributed by atoms with van der Waals surface area (Å²) in [6.45, 7) is 11.6. The average molecular weight is 469 g/mol. The molecule has 0 atom stereocenters. The maximum Gasteiger partial charge on any atom is 0.137 e. The number of likely N-dealkylation sites (N-methyl/N-ethyl adjacent to an activating group) is 1. The number of piperazine rings is 1. The molecule has 2 aliphatic heterocycles. The van der Waals surface area contributed by atoms with Gasteiger partial charge in [-0.2, -0.15) is 0 Å². The Labute approximate surface area is 198 Å². The summed E-state index contributed by atoms with van der Waals surface area (Å²) in [7, 11) is 0. The molecule has 2 fully saturated rings. The molecule has 0 unspecified atom stereocenters. The molecule has 0 aliphatic carbocycles. The van der Waals surface area contributed by atoms with Crippen LogP contribution in [-0.4, -0.2) is 73.9 Å². The SMILES string of the molecule is CCN1CCN(c2nc3cc(F)cc(F)c3c(Nc3cncc(N4CCOCC4)c3)c2C)CC1. The molecule has 0 bridgehead atoms. The molecule has 0 radical (unpaired) electrons. The highest BCUT2D eigenvalue weighted by Gasteiger charge is 2.23. The Hall–Kier alpha value is -3.04. The Morgan fingerprint density at radius 2 is 1.74 bits per heavy atom. The minimum atomic E-state index is -0.634. The highest BCUT2D eigenvalue weighted by Crippen LogP contribution is 2.37. The molecule has 2 aliphatic rings. The van der Waals surface area contributed by atoms with Crippen molar-refractivity contribution in [3.05, 3.63) is 47.8 Å². The lowest BCUT2D eigenvalue weighted by Crippen LogP contribution is -2.46. The highest BCUT2D eigenvalue weighted by atomic mass is 19.1. The number of rotatable bonds is 5. The van der Waals surface area contributed by atoms with Gasteiger partial charge in [0, 0.05) is 57.0 Å². The molecule has 1 N–H and O–H groups in total. The summed E-state index contributed by atoms with van der Waals surface area (Å²) in [5.41, 5.74) is 3.45. The summed E-state index contributed by atoms with van der Waals surface area (Å²) >= 11 is 0. The van der Waals surface area contributed by atoms with Crippen LogP contribution in [0.2, 0.25) is 0 Å². The zero-order valence-corrected chi connectivity index (χ0v) is 19.7. The standard InChI is InChI=1S/C25H30F2N6O/c1-3-31-4-6-33(7-5-31)25-17(2)24(23-21(27)12-18(26)13-22(23)30-25)29-19-14-20(16-28-15-19)32-8-10-34-11-9-32/h12-16H,3-11H2,1-2H3,(H,29,30). The summed E-state index contributed by atoms with van der Waals surface area (Å²) in [5.74, 6) is -0.508. The maximum absolute atomic E-state index is 15.1. The van der Waals surface area contributed by atoms with Gasteiger partial charge in [-0.05, 0) is 19.5 Å². The molecule has 0 spiro atoms. The van der Waals surface area contributed by atoms with Crippen LogP contribution in [0.15, 0.2) is 30.6 Å². The zero-order chi connectivity index (χ0) is 23.7. The fraction of sp³-hybridized carbons (Fsp3) is 0.440. The van der Waals surface area contributed by atoms with Crippen molar-refractivity contribution >= 4 is 33.8 Å². The van der Waals surface area contributed by atoms with Gasteiger partial charge in [0.05, 0.1) is 53.6 Å². The number of pyridine rings is 2. The van der Waals surface area contributed by atoms with E-state index in [0.717, 1.165) is 74.6 Å². The molecule has 2 saturated heterocycles. The highest BCUT2D eigenvalue weighted by molar-refractivity contribution is 5.97. The third-order valence-electron chi connectivity index (χ3n) is 6.71. The van der Waals surface area contributed by atoms with E-state index in [4.69, 9.17) is 9.72 Å². The first-order chi connectivity index (χ1) is 16.5. The fourth-order valence-electron chi connectivity index (χ4n) is 4.77. The predicted molar refractivity (Wildman–Crippen MR) is 131 cm³/mol. The molecule has 4 heterocycles. The first-order valence-electron chi connectivity index (χ1n) is 11.8. The second-order valence-electron chi connectivity index (χ2n) is 8.79. The summed E-state index contributed by atoms with van der Waals surface area (Å²) in [6.07, 6.45) is 3.54. The average Bonchev–Trinajstić information content (AvgIpc) is 2.86. The van der Waals surface area contributed by atoms with E-state index in [2.05, 4.69) is 31.9 Å². The van der Waals surface area contributed by atoms with Gasteiger partial charge in [0.15, 0.2) is 0 Å². The van der Waals surface area contributed by atoms with E-state index in [1.165, 1.54) is 6.07 Å². The molecular weight excluding hydrogens is 438 g/mol. The Kier molecular flexibility index (Phi) is 6.47. The molecule has 34 heavy (non-hydrogen) atoms. The van der Waals surface area contributed by atoms with Gasteiger partial charge < -0.3 is 24.8 Å². The van der Waals surface area contributed by atoms with Crippen LogP contribution in [0, 0.1) is 18.6 Å². The van der Waals surface area contributed by atoms with E-state index in [1.807, 2.05) is 19.2 Å². The van der Waals surface area contributed by atoms with Gasteiger partial charge in [-0.25, -0.2) is 13.8 Å². The molecule has 7 nitrogen and oxygen atoms in total. The molecule has 5 rings (SSSR count). The second kappa shape index (κ2) is 9.68. The van der Waals surface area contributed by atoms with E-state index in [9.17, 15) is 4.39 Å². The predicted octanol–water partition coefficient (Wildman–Crippen LogP) is 3.94. The van der Waals surface area contributed by atoms with Crippen molar-refractivity contribution in [2.24, 2.45) is 0 Å². The fourth-order valence-corrected chi connectivity index (χ4v) is 4.77. The zero-order valence-electron chi connectivity index (χ0n) is 19.7. The number of hydrogen-bond acceptors (Lipinski definition) is 7. The summed E-state index contributed by atoms with van der Waals surface area (Å²) in [4.78, 5) is 15.9. The van der Waals surface area contributed by atoms with Crippen molar-refractivity contribution in [2.45, 2.75) is 13.8 Å². The number of morpholine rings is 1. The third kappa shape index (κ3) is 4.50. The smallest absolute Gasteiger partial charge is 0.137 e. The number of hydrogen-bond donors (Lipinski definition) is 1. The maximum atomic E-state index is 15.1. The first kappa shape index (κ1) is 22.7. The monoisotopic (exact) mass is 468 g/mol. The van der Waals surface area contributed by atoms with E-state index in [0.29, 0.717) is 24.4 Å². The summed E-state index contributed by atoms with van der Waals surface area (Å²) < 4.78 is 34.6. The van der Waals surface area contributed by atoms with Gasteiger partial charge in [0.25, 0.3) is 0 Å². The lowest BCUT2D eigenvalue weighted by Gasteiger charge is -2.36. The molecule has 1 aromatic carbocycles. The molecule has 3 aromatic rings. The first-order valence-corrected chi connectivity index (χ1v) is 11.8. The molecule has 2 aromatic heterocycles. The van der Waals surface area contributed by atoms with Crippen LogP contribution < -0.4 is 15.1 Å². The number of ether oxygens (including phenoxy) is 1. The quantitative estimate of drug-likeness (QED) is 0.609. The van der Waals surface area contributed by atoms with Gasteiger partial charge in [-0.3, -0.25) is 4.98 Å². The van der Waals surface area contributed by atoms with E-state index in [-0.39, 0.29) is 5.39 Å². The van der Waals surface area contributed by atoms with Crippen molar-refractivity contribution in [1.82, 2.24) is 14.9 Å². The van der Waals surface area contributed by atoms with Crippen LogP contribution in [-0.2, 0) is 4.74 Å². The number of nitrogens with one attached hydrogen (secondary N) is 1. The van der Waals surface area contributed by atoms with Crippen molar-refractivity contribution in [2.75, 3.05) is 74.1 Å². The van der Waals surface area contributed by atoms with Gasteiger partial charge in [0.1, 0.15) is 17.5 Å². The molecule has 0 amide bonds. The van der Waals surface area contributed by atoms with Gasteiger partial charge >= 0.3 is 0 Å². The number of aromatic nitrogens is 2. The molecule has 0 saturated carbocycles. The molecule has 180 valence electrons. The molecule has 9 heteroatoms. The number of nitrogens with zero attached hydrogens (tertiary/aromatic N) is 5. The van der Waals surface area contributed by atoms with Crippen molar-refractivity contribution in [1.29, 1.82) is 0 Å². The number of fused-ring (bicyclic) bond motifs is 1. The van der Waals surface area contributed by atoms with Crippen LogP contribution in [0.25, 0.3) is 10.9 Å². The Bertz CT molecular complexity index is 1180. The Morgan fingerprint density at radius 1 is 0.971 bits per heavy atom. The largest absolute Gasteiger partial charge is 0.378 e. The van der Waals surface area contributed by atoms with Crippen LogP contribution in [0.4, 0.5) is 31.7 Å². The second-order valence-corrected chi connectivity index (χ2v) is 8.79. The number of benzene rings is 1. The minimum Gasteiger partial charge on any atom is -0.378 e. The van der Waals surface area contributed by atoms with Crippen LogP contribution >= 0.6 is 0 Å². The van der Waals surface area contributed by atoms with Crippen LogP contribution in [0.5, 0.6) is 0 Å².